The molecule has 2 aliphatic heterocycles. The second kappa shape index (κ2) is 9.25. The molecule has 0 aliphatic carbocycles. The first kappa shape index (κ1) is 21.1. The molecule has 0 spiro atoms. The van der Waals surface area contributed by atoms with Gasteiger partial charge in [-0.15, -0.1) is 0 Å². The van der Waals surface area contributed by atoms with Crippen LogP contribution in [0.3, 0.4) is 0 Å². The first-order chi connectivity index (χ1) is 13.3. The summed E-state index contributed by atoms with van der Waals surface area (Å²) in [4.78, 5) is 19.3. The fraction of sp³-hybridized carbons (Fsp3) is 0.682. The normalized spacial score (nSPS) is 26.1. The highest BCUT2D eigenvalue weighted by Gasteiger charge is 2.35. The summed E-state index contributed by atoms with van der Waals surface area (Å²) in [7, 11) is 0. The van der Waals surface area contributed by atoms with Gasteiger partial charge in [0, 0.05) is 51.4 Å². The Morgan fingerprint density at radius 2 is 1.75 bits per heavy atom. The van der Waals surface area contributed by atoms with E-state index < -0.39 is 12.2 Å². The molecule has 2 saturated heterocycles. The van der Waals surface area contributed by atoms with Gasteiger partial charge in [0.1, 0.15) is 0 Å². The van der Waals surface area contributed by atoms with Crippen molar-refractivity contribution in [3.05, 3.63) is 30.3 Å². The van der Waals surface area contributed by atoms with Crippen LogP contribution in [0.1, 0.15) is 33.1 Å². The lowest BCUT2D eigenvalue weighted by molar-refractivity contribution is -0.133. The molecule has 1 aromatic carbocycles. The first-order valence-electron chi connectivity index (χ1n) is 10.5. The average Bonchev–Trinajstić information content (AvgIpc) is 2.78. The van der Waals surface area contributed by atoms with E-state index in [0.29, 0.717) is 19.4 Å². The molecule has 2 aliphatic rings. The van der Waals surface area contributed by atoms with Gasteiger partial charge in [-0.05, 0) is 36.9 Å². The van der Waals surface area contributed by atoms with Gasteiger partial charge in [-0.3, -0.25) is 9.69 Å². The predicted molar refractivity (Wildman–Crippen MR) is 111 cm³/mol. The van der Waals surface area contributed by atoms with Crippen LogP contribution in [-0.4, -0.2) is 83.9 Å². The van der Waals surface area contributed by atoms with Crippen molar-refractivity contribution in [1.29, 1.82) is 0 Å². The average molecular weight is 390 g/mol. The van der Waals surface area contributed by atoms with Crippen LogP contribution in [0, 0.1) is 5.41 Å². The summed E-state index contributed by atoms with van der Waals surface area (Å²) in [5.41, 5.74) is 1.10. The number of nitrogens with zero attached hydrogens (tertiary/aromatic N) is 3. The number of hydrogen-bond acceptors (Lipinski definition) is 5. The van der Waals surface area contributed by atoms with Crippen LogP contribution in [0.4, 0.5) is 5.69 Å². The van der Waals surface area contributed by atoms with E-state index in [-0.39, 0.29) is 17.9 Å². The van der Waals surface area contributed by atoms with Gasteiger partial charge in [-0.25, -0.2) is 0 Å². The maximum absolute atomic E-state index is 12.7. The Hall–Kier alpha value is -1.63. The summed E-state index contributed by atoms with van der Waals surface area (Å²) in [5.74, 6) is 0.0872. The van der Waals surface area contributed by atoms with Gasteiger partial charge in [-0.2, -0.15) is 0 Å². The predicted octanol–water partition coefficient (Wildman–Crippen LogP) is 1.57. The zero-order valence-corrected chi connectivity index (χ0v) is 17.3. The Labute approximate surface area is 168 Å². The number of piperazine rings is 1. The minimum atomic E-state index is -0.850. The fourth-order valence-corrected chi connectivity index (χ4v) is 4.37. The van der Waals surface area contributed by atoms with E-state index >= 15 is 0 Å². The topological polar surface area (TPSA) is 67.2 Å². The van der Waals surface area contributed by atoms with Gasteiger partial charge in [0.15, 0.2) is 0 Å². The highest BCUT2D eigenvalue weighted by atomic mass is 16.3. The van der Waals surface area contributed by atoms with Gasteiger partial charge >= 0.3 is 0 Å². The lowest BCUT2D eigenvalue weighted by Gasteiger charge is -2.36. The molecule has 2 N–H and O–H groups in total. The number of aliphatic hydroxyl groups excluding tert-OH is 2. The number of carbonyl (C=O) groups excluding carboxylic acids is 1. The number of amides is 1. The molecular formula is C22H35N3O3. The van der Waals surface area contributed by atoms with E-state index in [1.807, 2.05) is 19.9 Å². The summed E-state index contributed by atoms with van der Waals surface area (Å²) in [5, 5.41) is 20.1. The van der Waals surface area contributed by atoms with Crippen LogP contribution in [0.5, 0.6) is 0 Å². The lowest BCUT2D eigenvalue weighted by Crippen LogP contribution is -2.47. The van der Waals surface area contributed by atoms with Gasteiger partial charge in [0.25, 0.3) is 0 Å². The van der Waals surface area contributed by atoms with Crippen LogP contribution < -0.4 is 4.90 Å². The third kappa shape index (κ3) is 5.69. The summed E-state index contributed by atoms with van der Waals surface area (Å²) in [6.45, 7) is 9.91. The molecule has 2 fully saturated rings. The van der Waals surface area contributed by atoms with Gasteiger partial charge in [-0.1, -0.05) is 32.0 Å². The molecule has 0 unspecified atom stereocenters. The number of benzene rings is 1. The molecule has 6 nitrogen and oxygen atoms in total. The molecule has 2 atom stereocenters. The Bertz CT molecular complexity index is 629. The van der Waals surface area contributed by atoms with E-state index in [2.05, 4.69) is 34.1 Å². The largest absolute Gasteiger partial charge is 0.390 e. The van der Waals surface area contributed by atoms with Crippen LogP contribution >= 0.6 is 0 Å². The minimum absolute atomic E-state index is 0.0872. The number of hydrogen-bond donors (Lipinski definition) is 2. The standard InChI is InChI=1S/C22H35N3O3/c1-22(2)15-19(26)20(27)16-25(17-22)21(28)9-6-10-23-11-13-24(14-12-23)18-7-4-3-5-8-18/h3-5,7-8,19-20,26-27H,6,9-17H2,1-2H3/t19-,20+/m1/s1. The van der Waals surface area contributed by atoms with Crippen molar-refractivity contribution < 1.29 is 15.0 Å². The molecular weight excluding hydrogens is 354 g/mol. The Kier molecular flexibility index (Phi) is 6.96. The van der Waals surface area contributed by atoms with Crippen LogP contribution in [0.2, 0.25) is 0 Å². The van der Waals surface area contributed by atoms with E-state index in [1.54, 1.807) is 4.90 Å². The molecule has 0 radical (unpaired) electrons. The smallest absolute Gasteiger partial charge is 0.222 e. The molecule has 2 heterocycles. The van der Waals surface area contributed by atoms with Crippen LogP contribution in [0.15, 0.2) is 30.3 Å². The summed E-state index contributed by atoms with van der Waals surface area (Å²) >= 11 is 0. The number of rotatable bonds is 5. The van der Waals surface area contributed by atoms with Crippen molar-refractivity contribution in [2.45, 2.75) is 45.3 Å². The number of para-hydroxylation sites is 1. The van der Waals surface area contributed by atoms with E-state index in [9.17, 15) is 15.0 Å². The maximum Gasteiger partial charge on any atom is 0.222 e. The number of carbonyl (C=O) groups is 1. The summed E-state index contributed by atoms with van der Waals surface area (Å²) in [6, 6.07) is 10.5. The third-order valence-electron chi connectivity index (χ3n) is 5.94. The fourth-order valence-electron chi connectivity index (χ4n) is 4.37. The van der Waals surface area contributed by atoms with Gasteiger partial charge in [0.2, 0.25) is 5.91 Å². The summed E-state index contributed by atoms with van der Waals surface area (Å²) in [6.07, 6.45) is 0.242. The molecule has 1 amide bonds. The molecule has 0 bridgehead atoms. The maximum atomic E-state index is 12.7. The van der Waals surface area contributed by atoms with Crippen molar-refractivity contribution in [2.75, 3.05) is 50.7 Å². The molecule has 6 heteroatoms. The monoisotopic (exact) mass is 389 g/mol. The van der Waals surface area contributed by atoms with Crippen molar-refractivity contribution in [3.8, 4) is 0 Å². The molecule has 0 aromatic heterocycles. The van der Waals surface area contributed by atoms with E-state index in [4.69, 9.17) is 0 Å². The number of likely N-dealkylation sites (tertiary alicyclic amines) is 1. The first-order valence-corrected chi connectivity index (χ1v) is 10.5. The van der Waals surface area contributed by atoms with Crippen LogP contribution in [0.25, 0.3) is 0 Å². The number of anilines is 1. The highest BCUT2D eigenvalue weighted by molar-refractivity contribution is 5.76. The Morgan fingerprint density at radius 3 is 2.43 bits per heavy atom. The van der Waals surface area contributed by atoms with Gasteiger partial charge in [0.05, 0.1) is 12.2 Å². The zero-order valence-electron chi connectivity index (χ0n) is 17.3. The van der Waals surface area contributed by atoms with Crippen molar-refractivity contribution in [2.24, 2.45) is 5.41 Å². The summed E-state index contributed by atoms with van der Waals surface area (Å²) < 4.78 is 0. The Morgan fingerprint density at radius 1 is 1.07 bits per heavy atom. The van der Waals surface area contributed by atoms with Crippen molar-refractivity contribution >= 4 is 11.6 Å². The highest BCUT2D eigenvalue weighted by Crippen LogP contribution is 2.29. The third-order valence-corrected chi connectivity index (χ3v) is 5.94. The minimum Gasteiger partial charge on any atom is -0.390 e. The lowest BCUT2D eigenvalue weighted by atomic mass is 9.86. The molecule has 28 heavy (non-hydrogen) atoms. The Balaban J connectivity index is 1.41. The number of aliphatic hydroxyl groups is 2. The number of β-amino-alcohol motifs (C(OH)–C–C–N with tert-alkyl or cyclic N) is 1. The van der Waals surface area contributed by atoms with Crippen molar-refractivity contribution in [1.82, 2.24) is 9.80 Å². The molecule has 1 aromatic rings. The molecule has 3 rings (SSSR count). The zero-order chi connectivity index (χ0) is 20.1. The van der Waals surface area contributed by atoms with Crippen LogP contribution in [-0.2, 0) is 4.79 Å². The van der Waals surface area contributed by atoms with Gasteiger partial charge < -0.3 is 20.0 Å². The second-order valence-corrected chi connectivity index (χ2v) is 9.05. The quantitative estimate of drug-likeness (QED) is 0.800. The van der Waals surface area contributed by atoms with Crippen molar-refractivity contribution in [3.63, 3.8) is 0 Å². The second-order valence-electron chi connectivity index (χ2n) is 9.05. The SMILES string of the molecule is CC1(C)C[C@@H](O)[C@@H](O)CN(C(=O)CCCN2CCN(c3ccccc3)CC2)C1. The molecule has 156 valence electrons. The van der Waals surface area contributed by atoms with E-state index in [0.717, 1.165) is 39.1 Å². The van der Waals surface area contributed by atoms with E-state index in [1.165, 1.54) is 5.69 Å². The molecule has 0 saturated carbocycles.